The van der Waals surface area contributed by atoms with Gasteiger partial charge in [-0.1, -0.05) is 37.3 Å². The van der Waals surface area contributed by atoms with Crippen molar-refractivity contribution in [2.45, 2.75) is 26.2 Å². The van der Waals surface area contributed by atoms with E-state index >= 15 is 0 Å². The van der Waals surface area contributed by atoms with Crippen molar-refractivity contribution in [1.29, 1.82) is 0 Å². The number of piperidine rings is 1. The van der Waals surface area contributed by atoms with Crippen LogP contribution in [0.15, 0.2) is 36.4 Å². The van der Waals surface area contributed by atoms with Crippen LogP contribution in [0.5, 0.6) is 0 Å². The highest BCUT2D eigenvalue weighted by atomic mass is 16.1. The van der Waals surface area contributed by atoms with Gasteiger partial charge < -0.3 is 4.90 Å². The predicted molar refractivity (Wildman–Crippen MR) is 83.3 cm³/mol. The molecule has 2 aromatic rings. The molecule has 0 spiro atoms. The number of carbonyl (C=O) groups is 1. The Hall–Kier alpha value is -2.23. The Bertz CT molecular complexity index is 630. The molecule has 21 heavy (non-hydrogen) atoms. The number of ketones is 1. The average molecular weight is 281 g/mol. The van der Waals surface area contributed by atoms with Crippen molar-refractivity contribution >= 4 is 11.6 Å². The second-order valence-electron chi connectivity index (χ2n) is 5.29. The fraction of sp³-hybridized carbons (Fsp3) is 0.353. The number of Topliss-reactive ketones (excluding diaryl/α,β-unsaturated/α-hetero) is 1. The molecule has 4 nitrogen and oxygen atoms in total. The number of aromatic nitrogens is 2. The standard InChI is InChI=1S/C17H19N3O/c1-2-14-12-16(20-10-8-15(21)9-11-20)19-17(18-14)13-6-4-3-5-7-13/h3-7,12H,2,8-11H2,1H3. The number of nitrogens with zero attached hydrogens (tertiary/aromatic N) is 3. The molecule has 4 heteroatoms. The molecule has 1 saturated heterocycles. The summed E-state index contributed by atoms with van der Waals surface area (Å²) in [4.78, 5) is 22.9. The van der Waals surface area contributed by atoms with E-state index in [-0.39, 0.29) is 0 Å². The molecule has 0 atom stereocenters. The van der Waals surface area contributed by atoms with Gasteiger partial charge in [0, 0.05) is 43.3 Å². The van der Waals surface area contributed by atoms with Gasteiger partial charge in [-0.2, -0.15) is 0 Å². The lowest BCUT2D eigenvalue weighted by atomic mass is 10.1. The van der Waals surface area contributed by atoms with Gasteiger partial charge in [0.2, 0.25) is 0 Å². The second kappa shape index (κ2) is 6.04. The van der Waals surface area contributed by atoms with Gasteiger partial charge in [-0.3, -0.25) is 4.79 Å². The van der Waals surface area contributed by atoms with Crippen LogP contribution in [-0.2, 0) is 11.2 Å². The van der Waals surface area contributed by atoms with Crippen LogP contribution in [0.3, 0.4) is 0 Å². The van der Waals surface area contributed by atoms with E-state index in [0.717, 1.165) is 42.4 Å². The second-order valence-corrected chi connectivity index (χ2v) is 5.29. The molecule has 1 aliphatic rings. The number of hydrogen-bond donors (Lipinski definition) is 0. The van der Waals surface area contributed by atoms with Gasteiger partial charge in [0.25, 0.3) is 0 Å². The zero-order valence-electron chi connectivity index (χ0n) is 12.2. The van der Waals surface area contributed by atoms with Crippen LogP contribution in [0.25, 0.3) is 11.4 Å². The zero-order valence-corrected chi connectivity index (χ0v) is 12.2. The first-order valence-electron chi connectivity index (χ1n) is 7.46. The molecule has 0 aliphatic carbocycles. The molecule has 2 heterocycles. The minimum atomic E-state index is 0.347. The van der Waals surface area contributed by atoms with Crippen LogP contribution in [0, 0.1) is 0 Å². The lowest BCUT2D eigenvalue weighted by Crippen LogP contribution is -2.34. The monoisotopic (exact) mass is 281 g/mol. The Morgan fingerprint density at radius 3 is 2.48 bits per heavy atom. The Kier molecular flexibility index (Phi) is 3.95. The van der Waals surface area contributed by atoms with E-state index in [4.69, 9.17) is 4.98 Å². The summed E-state index contributed by atoms with van der Waals surface area (Å²) in [5, 5.41) is 0. The van der Waals surface area contributed by atoms with Crippen LogP contribution >= 0.6 is 0 Å². The zero-order chi connectivity index (χ0) is 14.7. The number of anilines is 1. The van der Waals surface area contributed by atoms with E-state index in [2.05, 4.69) is 16.8 Å². The van der Waals surface area contributed by atoms with Gasteiger partial charge in [-0.05, 0) is 6.42 Å². The van der Waals surface area contributed by atoms with E-state index in [1.54, 1.807) is 0 Å². The minimum Gasteiger partial charge on any atom is -0.356 e. The molecular weight excluding hydrogens is 262 g/mol. The molecule has 0 bridgehead atoms. The first-order valence-corrected chi connectivity index (χ1v) is 7.46. The Morgan fingerprint density at radius 2 is 1.81 bits per heavy atom. The molecule has 0 amide bonds. The lowest BCUT2D eigenvalue weighted by molar-refractivity contribution is -0.119. The highest BCUT2D eigenvalue weighted by molar-refractivity contribution is 5.80. The third kappa shape index (κ3) is 3.10. The van der Waals surface area contributed by atoms with E-state index in [9.17, 15) is 4.79 Å². The summed E-state index contributed by atoms with van der Waals surface area (Å²) in [7, 11) is 0. The van der Waals surface area contributed by atoms with E-state index < -0.39 is 0 Å². The number of hydrogen-bond acceptors (Lipinski definition) is 4. The maximum Gasteiger partial charge on any atom is 0.161 e. The fourth-order valence-electron chi connectivity index (χ4n) is 2.53. The maximum atomic E-state index is 11.4. The minimum absolute atomic E-state index is 0.347. The smallest absolute Gasteiger partial charge is 0.161 e. The van der Waals surface area contributed by atoms with Crippen molar-refractivity contribution in [3.8, 4) is 11.4 Å². The molecule has 0 N–H and O–H groups in total. The van der Waals surface area contributed by atoms with E-state index in [1.165, 1.54) is 0 Å². The first-order chi connectivity index (χ1) is 10.3. The van der Waals surface area contributed by atoms with Crippen molar-refractivity contribution in [1.82, 2.24) is 9.97 Å². The molecule has 1 fully saturated rings. The molecule has 3 rings (SSSR count). The predicted octanol–water partition coefficient (Wildman–Crippen LogP) is 2.88. The molecule has 0 saturated carbocycles. The van der Waals surface area contributed by atoms with Crippen LogP contribution in [0.1, 0.15) is 25.5 Å². The summed E-state index contributed by atoms with van der Waals surface area (Å²) in [5.74, 6) is 2.05. The maximum absolute atomic E-state index is 11.4. The van der Waals surface area contributed by atoms with Crippen LogP contribution < -0.4 is 4.90 Å². The van der Waals surface area contributed by atoms with Gasteiger partial charge >= 0.3 is 0 Å². The summed E-state index contributed by atoms with van der Waals surface area (Å²) >= 11 is 0. The summed E-state index contributed by atoms with van der Waals surface area (Å²) in [6.45, 7) is 3.61. The number of rotatable bonds is 3. The average Bonchev–Trinajstić information content (AvgIpc) is 2.56. The largest absolute Gasteiger partial charge is 0.356 e. The van der Waals surface area contributed by atoms with Crippen molar-refractivity contribution in [3.05, 3.63) is 42.1 Å². The SMILES string of the molecule is CCc1cc(N2CCC(=O)CC2)nc(-c2ccccc2)n1. The van der Waals surface area contributed by atoms with Crippen molar-refractivity contribution in [3.63, 3.8) is 0 Å². The van der Waals surface area contributed by atoms with Gasteiger partial charge in [-0.25, -0.2) is 9.97 Å². The van der Waals surface area contributed by atoms with Crippen molar-refractivity contribution in [2.24, 2.45) is 0 Å². The Balaban J connectivity index is 1.95. The van der Waals surface area contributed by atoms with Crippen molar-refractivity contribution < 1.29 is 4.79 Å². The molecule has 108 valence electrons. The van der Waals surface area contributed by atoms with Crippen molar-refractivity contribution in [2.75, 3.05) is 18.0 Å². The normalized spacial score (nSPS) is 15.3. The van der Waals surface area contributed by atoms with Gasteiger partial charge in [0.15, 0.2) is 5.82 Å². The van der Waals surface area contributed by atoms with E-state index in [0.29, 0.717) is 18.6 Å². The molecule has 0 radical (unpaired) electrons. The third-order valence-electron chi connectivity index (χ3n) is 3.81. The summed E-state index contributed by atoms with van der Waals surface area (Å²) in [5.41, 5.74) is 2.07. The topological polar surface area (TPSA) is 46.1 Å². The Morgan fingerprint density at radius 1 is 1.10 bits per heavy atom. The molecule has 1 aliphatic heterocycles. The molecular formula is C17H19N3O. The molecule has 1 aromatic heterocycles. The third-order valence-corrected chi connectivity index (χ3v) is 3.81. The summed E-state index contributed by atoms with van der Waals surface area (Å²) in [6.07, 6.45) is 2.11. The van der Waals surface area contributed by atoms with Gasteiger partial charge in [0.1, 0.15) is 11.6 Å². The van der Waals surface area contributed by atoms with Crippen LogP contribution in [-0.4, -0.2) is 28.8 Å². The molecule has 0 unspecified atom stereocenters. The summed E-state index contributed by atoms with van der Waals surface area (Å²) in [6, 6.07) is 12.1. The number of aryl methyl sites for hydroxylation is 1. The highest BCUT2D eigenvalue weighted by Gasteiger charge is 2.18. The van der Waals surface area contributed by atoms with E-state index in [1.807, 2.05) is 36.4 Å². The fourth-order valence-corrected chi connectivity index (χ4v) is 2.53. The van der Waals surface area contributed by atoms with Gasteiger partial charge in [-0.15, -0.1) is 0 Å². The molecule has 1 aromatic carbocycles. The first kappa shape index (κ1) is 13.7. The van der Waals surface area contributed by atoms with Crippen LogP contribution in [0.2, 0.25) is 0 Å². The van der Waals surface area contributed by atoms with Gasteiger partial charge in [0.05, 0.1) is 0 Å². The highest BCUT2D eigenvalue weighted by Crippen LogP contribution is 2.22. The van der Waals surface area contributed by atoms with Crippen LogP contribution in [0.4, 0.5) is 5.82 Å². The number of carbonyl (C=O) groups excluding carboxylic acids is 1. The lowest BCUT2D eigenvalue weighted by Gasteiger charge is -2.27. The summed E-state index contributed by atoms with van der Waals surface area (Å²) < 4.78 is 0. The quantitative estimate of drug-likeness (QED) is 0.868. The number of benzene rings is 1. The Labute approximate surface area is 124 Å².